The molecule has 0 aliphatic carbocycles. The summed E-state index contributed by atoms with van der Waals surface area (Å²) < 4.78 is 16.6. The molecule has 0 spiro atoms. The predicted molar refractivity (Wildman–Crippen MR) is 269 cm³/mol. The number of unbranched alkanes of at least 4 members (excludes halogenated alkanes) is 10. The maximum absolute atomic E-state index is 12.8. The Balaban J connectivity index is 4.58. The van der Waals surface area contributed by atoms with Crippen molar-refractivity contribution < 1.29 is 28.6 Å². The lowest BCUT2D eigenvalue weighted by Crippen LogP contribution is -2.30. The van der Waals surface area contributed by atoms with Gasteiger partial charge in [-0.05, 0) is 109 Å². The zero-order chi connectivity index (χ0) is 45.8. The van der Waals surface area contributed by atoms with Crippen LogP contribution in [0.15, 0.2) is 134 Å². The van der Waals surface area contributed by atoms with Gasteiger partial charge in [-0.2, -0.15) is 0 Å². The summed E-state index contributed by atoms with van der Waals surface area (Å²) in [5, 5.41) is 0. The Morgan fingerprint density at radius 2 is 0.714 bits per heavy atom. The van der Waals surface area contributed by atoms with Crippen LogP contribution in [0.25, 0.3) is 0 Å². The number of carbonyl (C=O) groups excluding carboxylic acids is 3. The van der Waals surface area contributed by atoms with Gasteiger partial charge >= 0.3 is 17.9 Å². The lowest BCUT2D eigenvalue weighted by atomic mass is 10.1. The van der Waals surface area contributed by atoms with Gasteiger partial charge < -0.3 is 14.2 Å². The van der Waals surface area contributed by atoms with E-state index in [0.29, 0.717) is 12.8 Å². The lowest BCUT2D eigenvalue weighted by molar-refractivity contribution is -0.166. The first kappa shape index (κ1) is 58.6. The molecule has 63 heavy (non-hydrogen) atoms. The Bertz CT molecular complexity index is 1420. The molecule has 0 aliphatic heterocycles. The molecule has 0 aromatic rings. The first-order valence-corrected chi connectivity index (χ1v) is 24.7. The second kappa shape index (κ2) is 50.2. The Hall–Kier alpha value is -4.45. The van der Waals surface area contributed by atoms with Crippen molar-refractivity contribution in [1.29, 1.82) is 0 Å². The largest absolute Gasteiger partial charge is 0.462 e. The molecule has 1 unspecified atom stereocenters. The molecule has 0 heterocycles. The SMILES string of the molecule is CC/C=C\C/C=C\C/C=C\C/C=C\C/C=C\C/C=C\CCC(=O)OCC(COC(=O)CCC/C=C\C/C=C\C/C=C\CC)OC(=O)CCCCCCCC/C=C\C=C/CCCCC. The minimum absolute atomic E-state index is 0.138. The van der Waals surface area contributed by atoms with Gasteiger partial charge in [0.2, 0.25) is 0 Å². The summed E-state index contributed by atoms with van der Waals surface area (Å²) >= 11 is 0. The molecule has 0 fully saturated rings. The number of esters is 3. The van der Waals surface area contributed by atoms with E-state index < -0.39 is 6.10 Å². The molecule has 0 radical (unpaired) electrons. The summed E-state index contributed by atoms with van der Waals surface area (Å²) in [4.78, 5) is 37.8. The molecule has 0 bridgehead atoms. The van der Waals surface area contributed by atoms with Crippen LogP contribution >= 0.6 is 0 Å². The number of carbonyl (C=O) groups is 3. The van der Waals surface area contributed by atoms with Crippen LogP contribution in [0.5, 0.6) is 0 Å². The molecule has 6 heteroatoms. The van der Waals surface area contributed by atoms with E-state index in [0.717, 1.165) is 103 Å². The van der Waals surface area contributed by atoms with Crippen molar-refractivity contribution in [3.63, 3.8) is 0 Å². The highest BCUT2D eigenvalue weighted by Crippen LogP contribution is 2.11. The van der Waals surface area contributed by atoms with Gasteiger partial charge in [0.05, 0.1) is 0 Å². The van der Waals surface area contributed by atoms with Crippen molar-refractivity contribution in [2.75, 3.05) is 13.2 Å². The van der Waals surface area contributed by atoms with Gasteiger partial charge in [0.15, 0.2) is 6.10 Å². The fourth-order valence-electron chi connectivity index (χ4n) is 6.01. The van der Waals surface area contributed by atoms with Gasteiger partial charge in [-0.1, -0.05) is 193 Å². The average Bonchev–Trinajstić information content (AvgIpc) is 3.28. The van der Waals surface area contributed by atoms with Crippen LogP contribution in [0.3, 0.4) is 0 Å². The van der Waals surface area contributed by atoms with Gasteiger partial charge in [-0.25, -0.2) is 0 Å². The maximum atomic E-state index is 12.8. The summed E-state index contributed by atoms with van der Waals surface area (Å²) in [5.41, 5.74) is 0. The van der Waals surface area contributed by atoms with E-state index in [2.05, 4.69) is 142 Å². The first-order valence-electron chi connectivity index (χ1n) is 24.7. The van der Waals surface area contributed by atoms with E-state index in [1.807, 2.05) is 12.2 Å². The minimum atomic E-state index is -0.839. The molecule has 0 rings (SSSR count). The van der Waals surface area contributed by atoms with Crippen LogP contribution in [0.1, 0.15) is 188 Å². The number of ether oxygens (including phenoxy) is 3. The molecule has 352 valence electrons. The molecule has 1 atom stereocenters. The Morgan fingerprint density at radius 1 is 0.349 bits per heavy atom. The Morgan fingerprint density at radius 3 is 1.19 bits per heavy atom. The van der Waals surface area contributed by atoms with Crippen LogP contribution in [0.2, 0.25) is 0 Å². The molecular formula is C57H88O6. The second-order valence-corrected chi connectivity index (χ2v) is 15.6. The second-order valence-electron chi connectivity index (χ2n) is 15.6. The molecule has 0 aromatic carbocycles. The zero-order valence-electron chi connectivity index (χ0n) is 40.0. The van der Waals surface area contributed by atoms with Crippen LogP contribution in [0.4, 0.5) is 0 Å². The number of hydrogen-bond acceptors (Lipinski definition) is 6. The number of rotatable bonds is 42. The van der Waals surface area contributed by atoms with Gasteiger partial charge in [0, 0.05) is 19.3 Å². The third-order valence-electron chi connectivity index (χ3n) is 9.66. The molecule has 0 N–H and O–H groups in total. The number of hydrogen-bond donors (Lipinski definition) is 0. The lowest BCUT2D eigenvalue weighted by Gasteiger charge is -2.18. The molecule has 6 nitrogen and oxygen atoms in total. The average molecular weight is 869 g/mol. The van der Waals surface area contributed by atoms with Crippen LogP contribution in [-0.4, -0.2) is 37.2 Å². The monoisotopic (exact) mass is 869 g/mol. The molecule has 0 saturated carbocycles. The summed E-state index contributed by atoms with van der Waals surface area (Å²) in [6.07, 6.45) is 70.3. The predicted octanol–water partition coefficient (Wildman–Crippen LogP) is 16.3. The van der Waals surface area contributed by atoms with Crippen LogP contribution in [0, 0.1) is 0 Å². The van der Waals surface area contributed by atoms with Gasteiger partial charge in [0.1, 0.15) is 13.2 Å². The van der Waals surface area contributed by atoms with Crippen molar-refractivity contribution in [2.24, 2.45) is 0 Å². The molecule has 0 saturated heterocycles. The molecular weight excluding hydrogens is 781 g/mol. The normalized spacial score (nSPS) is 13.3. The highest BCUT2D eigenvalue weighted by molar-refractivity contribution is 5.71. The maximum Gasteiger partial charge on any atom is 0.306 e. The third-order valence-corrected chi connectivity index (χ3v) is 9.66. The van der Waals surface area contributed by atoms with Crippen molar-refractivity contribution in [2.45, 2.75) is 194 Å². The van der Waals surface area contributed by atoms with Gasteiger partial charge in [0.25, 0.3) is 0 Å². The van der Waals surface area contributed by atoms with E-state index in [1.54, 1.807) is 0 Å². The van der Waals surface area contributed by atoms with E-state index in [1.165, 1.54) is 32.1 Å². The standard InChI is InChI=1S/C57H88O6/c1-4-7-10-13-16-19-22-24-26-27-28-29-31-32-35-38-41-44-47-50-56(59)62-53-54(52-61-55(58)49-46-43-40-37-34-21-18-15-12-9-6-3)63-57(60)51-48-45-42-39-36-33-30-25-23-20-17-14-11-8-5-2/h7,9-10,12,16-21,23-26,28-29,32,35,37,40-41,44,54H,4-6,8,11,13-15,22,27,30-31,33-34,36,38-39,42-43,45-53H2,1-3H3/b10-7-,12-9-,19-16-,20-17-,21-18-,25-23-,26-24-,29-28-,35-32-,40-37-,44-41-. The topological polar surface area (TPSA) is 78.9 Å². The fourth-order valence-corrected chi connectivity index (χ4v) is 6.01. The highest BCUT2D eigenvalue weighted by Gasteiger charge is 2.19. The summed E-state index contributed by atoms with van der Waals surface area (Å²) in [5.74, 6) is -1.10. The van der Waals surface area contributed by atoms with Crippen LogP contribution < -0.4 is 0 Å². The summed E-state index contributed by atoms with van der Waals surface area (Å²) in [7, 11) is 0. The zero-order valence-corrected chi connectivity index (χ0v) is 40.0. The third kappa shape index (κ3) is 48.4. The van der Waals surface area contributed by atoms with E-state index in [9.17, 15) is 14.4 Å². The van der Waals surface area contributed by atoms with Gasteiger partial charge in [-0.15, -0.1) is 0 Å². The van der Waals surface area contributed by atoms with E-state index >= 15 is 0 Å². The van der Waals surface area contributed by atoms with Crippen molar-refractivity contribution in [3.8, 4) is 0 Å². The molecule has 0 aromatic heterocycles. The number of allylic oxidation sites excluding steroid dienone is 22. The smallest absolute Gasteiger partial charge is 0.306 e. The quantitative estimate of drug-likeness (QED) is 0.0200. The summed E-state index contributed by atoms with van der Waals surface area (Å²) in [6, 6.07) is 0. The fraction of sp³-hybridized carbons (Fsp3) is 0.561. The molecule has 0 amide bonds. The van der Waals surface area contributed by atoms with Crippen LogP contribution in [-0.2, 0) is 28.6 Å². The van der Waals surface area contributed by atoms with Crippen molar-refractivity contribution in [3.05, 3.63) is 134 Å². The van der Waals surface area contributed by atoms with Gasteiger partial charge in [-0.3, -0.25) is 14.4 Å². The Labute approximate surface area is 385 Å². The molecule has 0 aliphatic rings. The highest BCUT2D eigenvalue weighted by atomic mass is 16.6. The first-order chi connectivity index (χ1) is 31.0. The van der Waals surface area contributed by atoms with E-state index in [-0.39, 0.29) is 50.4 Å². The van der Waals surface area contributed by atoms with E-state index in [4.69, 9.17) is 14.2 Å². The Kier molecular flexibility index (Phi) is 46.7. The van der Waals surface area contributed by atoms with Crippen molar-refractivity contribution in [1.82, 2.24) is 0 Å². The minimum Gasteiger partial charge on any atom is -0.462 e. The summed E-state index contributed by atoms with van der Waals surface area (Å²) in [6.45, 7) is 6.22. The van der Waals surface area contributed by atoms with Crippen molar-refractivity contribution >= 4 is 17.9 Å².